The van der Waals surface area contributed by atoms with Crippen LogP contribution in [0.15, 0.2) is 53.2 Å². The van der Waals surface area contributed by atoms with Gasteiger partial charge >= 0.3 is 11.9 Å². The number of ketones is 1. The number of nitrogens with zero attached hydrogens (tertiary/aromatic N) is 1. The lowest BCUT2D eigenvalue weighted by Crippen LogP contribution is -2.22. The molecule has 0 fully saturated rings. The molecular weight excluding hydrogens is 416 g/mol. The summed E-state index contributed by atoms with van der Waals surface area (Å²) in [7, 11) is 0. The molecule has 2 heterocycles. The number of furan rings is 1. The molecular formula is C23H22N2O7. The van der Waals surface area contributed by atoms with Gasteiger partial charge in [-0.05, 0) is 57.2 Å². The van der Waals surface area contributed by atoms with Crippen molar-refractivity contribution >= 4 is 29.5 Å². The summed E-state index contributed by atoms with van der Waals surface area (Å²) in [6.07, 6.45) is 3.74. The van der Waals surface area contributed by atoms with E-state index >= 15 is 0 Å². The summed E-state index contributed by atoms with van der Waals surface area (Å²) >= 11 is 0. The van der Waals surface area contributed by atoms with E-state index in [0.717, 1.165) is 5.69 Å². The zero-order chi connectivity index (χ0) is 23.3. The molecule has 0 radical (unpaired) electrons. The number of ether oxygens (including phenoxy) is 2. The number of nitrogens with one attached hydrogen (secondary N) is 1. The van der Waals surface area contributed by atoms with Crippen molar-refractivity contribution in [1.82, 2.24) is 4.57 Å². The second kappa shape index (κ2) is 9.78. The van der Waals surface area contributed by atoms with Crippen LogP contribution in [0.5, 0.6) is 0 Å². The zero-order valence-corrected chi connectivity index (χ0v) is 17.8. The van der Waals surface area contributed by atoms with Gasteiger partial charge in [0.2, 0.25) is 5.88 Å². The van der Waals surface area contributed by atoms with Gasteiger partial charge < -0.3 is 18.5 Å². The molecule has 0 unspecified atom stereocenters. The van der Waals surface area contributed by atoms with Crippen LogP contribution in [0.2, 0.25) is 0 Å². The number of amides is 1. The molecule has 166 valence electrons. The second-order valence-electron chi connectivity index (χ2n) is 6.78. The molecule has 0 saturated heterocycles. The molecule has 0 saturated carbocycles. The number of esters is 2. The first-order valence-corrected chi connectivity index (χ1v) is 9.83. The van der Waals surface area contributed by atoms with Crippen molar-refractivity contribution in [2.75, 3.05) is 18.5 Å². The van der Waals surface area contributed by atoms with Crippen LogP contribution < -0.4 is 5.32 Å². The van der Waals surface area contributed by atoms with Gasteiger partial charge in [-0.1, -0.05) is 0 Å². The lowest BCUT2D eigenvalue weighted by molar-refractivity contribution is -0.119. The third-order valence-electron chi connectivity index (χ3n) is 4.51. The van der Waals surface area contributed by atoms with Gasteiger partial charge in [-0.25, -0.2) is 9.59 Å². The number of benzene rings is 1. The molecule has 2 aromatic heterocycles. The summed E-state index contributed by atoms with van der Waals surface area (Å²) in [5, 5.41) is 2.36. The average Bonchev–Trinajstić information content (AvgIpc) is 3.40. The predicted molar refractivity (Wildman–Crippen MR) is 114 cm³/mol. The molecule has 9 heteroatoms. The van der Waals surface area contributed by atoms with Crippen LogP contribution in [-0.4, -0.2) is 41.4 Å². The monoisotopic (exact) mass is 438 g/mol. The van der Waals surface area contributed by atoms with Crippen LogP contribution in [0.25, 0.3) is 5.69 Å². The molecule has 0 aliphatic rings. The fraction of sp³-hybridized carbons (Fsp3) is 0.217. The van der Waals surface area contributed by atoms with E-state index in [1.54, 1.807) is 31.2 Å². The lowest BCUT2D eigenvalue weighted by Gasteiger charge is -2.08. The minimum atomic E-state index is -0.801. The van der Waals surface area contributed by atoms with E-state index in [-0.39, 0.29) is 34.9 Å². The highest BCUT2D eigenvalue weighted by Crippen LogP contribution is 2.28. The van der Waals surface area contributed by atoms with Gasteiger partial charge in [0.05, 0.1) is 17.7 Å². The van der Waals surface area contributed by atoms with E-state index in [1.807, 2.05) is 29.1 Å². The number of hydrogen-bond acceptors (Lipinski definition) is 7. The number of carbonyl (C=O) groups is 4. The SMILES string of the molecule is CCOC(=O)c1c(NC(=O)COC(=O)c2ccc(-n3cccc3)cc2)oc(C)c1C(C)=O. The summed E-state index contributed by atoms with van der Waals surface area (Å²) < 4.78 is 17.3. The van der Waals surface area contributed by atoms with Crippen molar-refractivity contribution in [3.63, 3.8) is 0 Å². The Hall–Kier alpha value is -4.14. The fourth-order valence-electron chi connectivity index (χ4n) is 3.11. The summed E-state index contributed by atoms with van der Waals surface area (Å²) in [6.45, 7) is 3.84. The molecule has 1 aromatic carbocycles. The third-order valence-corrected chi connectivity index (χ3v) is 4.51. The summed E-state index contributed by atoms with van der Waals surface area (Å²) in [5.74, 6) is -2.71. The maximum atomic E-state index is 12.3. The smallest absolute Gasteiger partial charge is 0.344 e. The molecule has 3 rings (SSSR count). The number of carbonyl (C=O) groups excluding carboxylic acids is 4. The Morgan fingerprint density at radius 2 is 1.62 bits per heavy atom. The molecule has 32 heavy (non-hydrogen) atoms. The molecule has 1 N–H and O–H groups in total. The van der Waals surface area contributed by atoms with E-state index in [1.165, 1.54) is 13.8 Å². The largest absolute Gasteiger partial charge is 0.462 e. The van der Waals surface area contributed by atoms with E-state index in [0.29, 0.717) is 0 Å². The average molecular weight is 438 g/mol. The molecule has 0 aliphatic heterocycles. The summed E-state index contributed by atoms with van der Waals surface area (Å²) in [6, 6.07) is 10.4. The van der Waals surface area contributed by atoms with E-state index in [4.69, 9.17) is 13.9 Å². The van der Waals surface area contributed by atoms with Crippen molar-refractivity contribution in [3.8, 4) is 5.69 Å². The third kappa shape index (κ3) is 4.94. The molecule has 1 amide bonds. The molecule has 9 nitrogen and oxygen atoms in total. The lowest BCUT2D eigenvalue weighted by atomic mass is 10.1. The number of rotatable bonds is 8. The summed E-state index contributed by atoms with van der Waals surface area (Å²) in [4.78, 5) is 48.7. The van der Waals surface area contributed by atoms with Gasteiger partial charge in [0.15, 0.2) is 12.4 Å². The molecule has 0 aliphatic carbocycles. The number of Topliss-reactive ketones (excluding diaryl/α,β-unsaturated/α-hetero) is 1. The van der Waals surface area contributed by atoms with Crippen LogP contribution in [0.1, 0.15) is 50.7 Å². The Bertz CT molecular complexity index is 1140. The van der Waals surface area contributed by atoms with Crippen LogP contribution in [0.4, 0.5) is 5.88 Å². The van der Waals surface area contributed by atoms with E-state index < -0.39 is 30.2 Å². The topological polar surface area (TPSA) is 117 Å². The maximum Gasteiger partial charge on any atom is 0.344 e. The van der Waals surface area contributed by atoms with Gasteiger partial charge in [0.25, 0.3) is 5.91 Å². The Labute approximate surface area is 183 Å². The maximum absolute atomic E-state index is 12.3. The predicted octanol–water partition coefficient (Wildman–Crippen LogP) is 3.55. The number of hydrogen-bond donors (Lipinski definition) is 1. The van der Waals surface area contributed by atoms with Crippen LogP contribution in [0.3, 0.4) is 0 Å². The highest BCUT2D eigenvalue weighted by atomic mass is 16.5. The second-order valence-corrected chi connectivity index (χ2v) is 6.78. The van der Waals surface area contributed by atoms with Crippen molar-refractivity contribution in [1.29, 1.82) is 0 Å². The van der Waals surface area contributed by atoms with Crippen molar-refractivity contribution in [2.24, 2.45) is 0 Å². The van der Waals surface area contributed by atoms with E-state index in [9.17, 15) is 19.2 Å². The zero-order valence-electron chi connectivity index (χ0n) is 17.8. The first kappa shape index (κ1) is 22.5. The van der Waals surface area contributed by atoms with Crippen LogP contribution in [0, 0.1) is 6.92 Å². The Balaban J connectivity index is 1.66. The number of aromatic nitrogens is 1. The normalized spacial score (nSPS) is 10.5. The van der Waals surface area contributed by atoms with E-state index in [2.05, 4.69) is 5.32 Å². The quantitative estimate of drug-likeness (QED) is 0.422. The first-order valence-electron chi connectivity index (χ1n) is 9.83. The van der Waals surface area contributed by atoms with Gasteiger partial charge in [-0.15, -0.1) is 0 Å². The molecule has 0 atom stereocenters. The Kier molecular flexibility index (Phi) is 6.89. The number of aryl methyl sites for hydroxylation is 1. The summed E-state index contributed by atoms with van der Waals surface area (Å²) in [5.41, 5.74) is 0.995. The highest BCUT2D eigenvalue weighted by Gasteiger charge is 2.28. The first-order chi connectivity index (χ1) is 15.3. The van der Waals surface area contributed by atoms with Gasteiger partial charge in [0.1, 0.15) is 11.3 Å². The van der Waals surface area contributed by atoms with Crippen molar-refractivity contribution < 1.29 is 33.1 Å². The van der Waals surface area contributed by atoms with Gasteiger partial charge in [-0.3, -0.25) is 14.9 Å². The highest BCUT2D eigenvalue weighted by molar-refractivity contribution is 6.10. The molecule has 3 aromatic rings. The molecule has 0 spiro atoms. The standard InChI is InChI=1S/C23H22N2O7/c1-4-30-23(29)20-19(14(2)26)15(3)32-21(20)24-18(27)13-31-22(28)16-7-9-17(10-8-16)25-11-5-6-12-25/h5-12H,4,13H2,1-3H3,(H,24,27). The Morgan fingerprint density at radius 1 is 0.969 bits per heavy atom. The number of anilines is 1. The Morgan fingerprint density at radius 3 is 2.22 bits per heavy atom. The van der Waals surface area contributed by atoms with Crippen LogP contribution >= 0.6 is 0 Å². The van der Waals surface area contributed by atoms with Gasteiger partial charge in [0, 0.05) is 18.1 Å². The van der Waals surface area contributed by atoms with Gasteiger partial charge in [-0.2, -0.15) is 0 Å². The van der Waals surface area contributed by atoms with Crippen molar-refractivity contribution in [2.45, 2.75) is 20.8 Å². The minimum absolute atomic E-state index is 0.0264. The van der Waals surface area contributed by atoms with Crippen LogP contribution in [-0.2, 0) is 14.3 Å². The molecule has 0 bridgehead atoms. The van der Waals surface area contributed by atoms with Crippen molar-refractivity contribution in [3.05, 3.63) is 71.2 Å². The fourth-order valence-corrected chi connectivity index (χ4v) is 3.11. The minimum Gasteiger partial charge on any atom is -0.462 e.